The minimum absolute atomic E-state index is 0. The van der Waals surface area contributed by atoms with Crippen molar-refractivity contribution in [2.75, 3.05) is 33.7 Å². The third-order valence-electron chi connectivity index (χ3n) is 3.30. The number of nitrogens with one attached hydrogen (secondary N) is 2. The summed E-state index contributed by atoms with van der Waals surface area (Å²) in [6.07, 6.45) is 4.79. The van der Waals surface area contributed by atoms with E-state index >= 15 is 0 Å². The van der Waals surface area contributed by atoms with Crippen LogP contribution in [0.3, 0.4) is 0 Å². The molecule has 2 heterocycles. The molecular formula is C16H25IN6O. The zero-order valence-corrected chi connectivity index (χ0v) is 16.7. The van der Waals surface area contributed by atoms with Gasteiger partial charge in [0.2, 0.25) is 5.91 Å². The van der Waals surface area contributed by atoms with Gasteiger partial charge in [-0.15, -0.1) is 24.0 Å². The lowest BCUT2D eigenvalue weighted by Crippen LogP contribution is -2.39. The Balaban J connectivity index is 0.00000288. The molecule has 24 heavy (non-hydrogen) atoms. The minimum Gasteiger partial charge on any atom is -0.357 e. The summed E-state index contributed by atoms with van der Waals surface area (Å²) >= 11 is 0. The van der Waals surface area contributed by atoms with Crippen molar-refractivity contribution in [3.63, 3.8) is 0 Å². The van der Waals surface area contributed by atoms with Gasteiger partial charge in [0.15, 0.2) is 5.96 Å². The first kappa shape index (κ1) is 20.2. The van der Waals surface area contributed by atoms with Crippen LogP contribution in [0.15, 0.2) is 35.6 Å². The molecule has 0 fully saturated rings. The highest BCUT2D eigenvalue weighted by Crippen LogP contribution is 2.04. The highest BCUT2D eigenvalue weighted by molar-refractivity contribution is 14.0. The molecule has 0 atom stereocenters. The predicted molar refractivity (Wildman–Crippen MR) is 107 cm³/mol. The Hall–Kier alpha value is -1.84. The van der Waals surface area contributed by atoms with Crippen LogP contribution >= 0.6 is 24.0 Å². The standard InChI is InChI=1S/C16H24N6O.HI/c1-4-17-16(19-11-15(23)21(2)3)18-9-8-13-12-22-10-6-5-7-14(22)20-13;/h5-7,10,12H,4,8-9,11H2,1-3H3,(H2,17,18,19);1H. The number of amides is 1. The molecule has 0 saturated heterocycles. The van der Waals surface area contributed by atoms with Crippen LogP contribution in [0.5, 0.6) is 0 Å². The molecule has 1 amide bonds. The summed E-state index contributed by atoms with van der Waals surface area (Å²) < 4.78 is 2.00. The van der Waals surface area contributed by atoms with E-state index in [1.54, 1.807) is 14.1 Å². The fraction of sp³-hybridized carbons (Fsp3) is 0.438. The molecule has 8 heteroatoms. The molecule has 0 aliphatic heterocycles. The van der Waals surface area contributed by atoms with Crippen LogP contribution in [0.1, 0.15) is 12.6 Å². The molecule has 2 N–H and O–H groups in total. The van der Waals surface area contributed by atoms with E-state index < -0.39 is 0 Å². The molecule has 132 valence electrons. The summed E-state index contributed by atoms with van der Waals surface area (Å²) in [5.41, 5.74) is 1.96. The first-order valence-electron chi connectivity index (χ1n) is 7.75. The van der Waals surface area contributed by atoms with E-state index in [1.165, 1.54) is 4.90 Å². The number of hydrogen-bond acceptors (Lipinski definition) is 3. The van der Waals surface area contributed by atoms with Gasteiger partial charge in [-0.2, -0.15) is 0 Å². The second-order valence-corrected chi connectivity index (χ2v) is 5.36. The number of hydrogen-bond donors (Lipinski definition) is 2. The molecule has 2 aromatic rings. The van der Waals surface area contributed by atoms with Gasteiger partial charge in [0.05, 0.1) is 5.69 Å². The van der Waals surface area contributed by atoms with Crippen LogP contribution in [0.4, 0.5) is 0 Å². The van der Waals surface area contributed by atoms with Crippen molar-refractivity contribution < 1.29 is 4.79 Å². The monoisotopic (exact) mass is 444 g/mol. The maximum absolute atomic E-state index is 11.6. The molecule has 0 aliphatic rings. The fourth-order valence-corrected chi connectivity index (χ4v) is 2.05. The average Bonchev–Trinajstić information content (AvgIpc) is 2.94. The van der Waals surface area contributed by atoms with E-state index in [-0.39, 0.29) is 36.4 Å². The number of halogens is 1. The van der Waals surface area contributed by atoms with Crippen molar-refractivity contribution in [3.05, 3.63) is 36.3 Å². The number of carbonyl (C=O) groups excluding carboxylic acids is 1. The minimum atomic E-state index is -0.0254. The van der Waals surface area contributed by atoms with Crippen molar-refractivity contribution >= 4 is 41.5 Å². The van der Waals surface area contributed by atoms with Crippen molar-refractivity contribution in [2.24, 2.45) is 4.99 Å². The second-order valence-electron chi connectivity index (χ2n) is 5.36. The number of pyridine rings is 1. The summed E-state index contributed by atoms with van der Waals surface area (Å²) in [7, 11) is 3.45. The lowest BCUT2D eigenvalue weighted by Gasteiger charge is -2.12. The van der Waals surface area contributed by atoms with Crippen LogP contribution in [0, 0.1) is 0 Å². The highest BCUT2D eigenvalue weighted by atomic mass is 127. The van der Waals surface area contributed by atoms with Crippen molar-refractivity contribution in [1.82, 2.24) is 24.9 Å². The normalized spacial score (nSPS) is 11.0. The van der Waals surface area contributed by atoms with Gasteiger partial charge < -0.3 is 19.9 Å². The zero-order valence-electron chi connectivity index (χ0n) is 14.3. The van der Waals surface area contributed by atoms with Gasteiger partial charge in [-0.05, 0) is 19.1 Å². The molecule has 0 aromatic carbocycles. The smallest absolute Gasteiger partial charge is 0.243 e. The van der Waals surface area contributed by atoms with E-state index in [0.717, 1.165) is 24.3 Å². The van der Waals surface area contributed by atoms with Crippen LogP contribution in [-0.4, -0.2) is 59.9 Å². The number of likely N-dealkylation sites (N-methyl/N-ethyl adjacent to an activating group) is 1. The fourth-order valence-electron chi connectivity index (χ4n) is 2.05. The summed E-state index contributed by atoms with van der Waals surface area (Å²) in [5.74, 6) is 0.619. The zero-order chi connectivity index (χ0) is 16.7. The van der Waals surface area contributed by atoms with Crippen LogP contribution in [0.25, 0.3) is 5.65 Å². The first-order chi connectivity index (χ1) is 11.1. The Kier molecular flexibility index (Phi) is 8.51. The van der Waals surface area contributed by atoms with Crippen molar-refractivity contribution in [2.45, 2.75) is 13.3 Å². The number of carbonyl (C=O) groups is 1. The largest absolute Gasteiger partial charge is 0.357 e. The average molecular weight is 444 g/mol. The van der Waals surface area contributed by atoms with Gasteiger partial charge in [-0.25, -0.2) is 9.98 Å². The summed E-state index contributed by atoms with van der Waals surface area (Å²) in [5, 5.41) is 6.36. The maximum Gasteiger partial charge on any atom is 0.243 e. The Morgan fingerprint density at radius 1 is 1.33 bits per heavy atom. The molecule has 0 spiro atoms. The number of fused-ring (bicyclic) bond motifs is 1. The lowest BCUT2D eigenvalue weighted by atomic mass is 10.3. The Morgan fingerprint density at radius 2 is 2.12 bits per heavy atom. The quantitative estimate of drug-likeness (QED) is 0.398. The molecular weight excluding hydrogens is 419 g/mol. The molecule has 0 saturated carbocycles. The molecule has 7 nitrogen and oxygen atoms in total. The second kappa shape index (κ2) is 10.1. The number of guanidine groups is 1. The summed E-state index contributed by atoms with van der Waals surface area (Å²) in [4.78, 5) is 22.0. The van der Waals surface area contributed by atoms with E-state index in [4.69, 9.17) is 0 Å². The molecule has 2 aromatic heterocycles. The Labute approximate surface area is 159 Å². The lowest BCUT2D eigenvalue weighted by molar-refractivity contribution is -0.127. The van der Waals surface area contributed by atoms with Gasteiger partial charge in [0.25, 0.3) is 0 Å². The molecule has 0 radical (unpaired) electrons. The number of imidazole rings is 1. The summed E-state index contributed by atoms with van der Waals surface area (Å²) in [6, 6.07) is 5.94. The van der Waals surface area contributed by atoms with Crippen LogP contribution in [0.2, 0.25) is 0 Å². The van der Waals surface area contributed by atoms with Gasteiger partial charge in [0.1, 0.15) is 12.2 Å². The molecule has 0 bridgehead atoms. The Morgan fingerprint density at radius 3 is 2.79 bits per heavy atom. The SMILES string of the molecule is CCNC(=NCC(=O)N(C)C)NCCc1cn2ccccc2n1.I. The van der Waals surface area contributed by atoms with Gasteiger partial charge in [-0.3, -0.25) is 4.79 Å². The van der Waals surface area contributed by atoms with Gasteiger partial charge in [-0.1, -0.05) is 6.07 Å². The molecule has 2 rings (SSSR count). The number of nitrogens with zero attached hydrogens (tertiary/aromatic N) is 4. The van der Waals surface area contributed by atoms with E-state index in [9.17, 15) is 4.79 Å². The van der Waals surface area contributed by atoms with Gasteiger partial charge >= 0.3 is 0 Å². The first-order valence-corrected chi connectivity index (χ1v) is 7.75. The third kappa shape index (κ3) is 5.99. The number of aliphatic imine (C=N–C) groups is 1. The van der Waals surface area contributed by atoms with Crippen molar-refractivity contribution in [1.29, 1.82) is 0 Å². The number of rotatable bonds is 6. The summed E-state index contributed by atoms with van der Waals surface area (Å²) in [6.45, 7) is 3.58. The predicted octanol–water partition coefficient (Wildman–Crippen LogP) is 1.14. The van der Waals surface area contributed by atoms with Crippen molar-refractivity contribution in [3.8, 4) is 0 Å². The van der Waals surface area contributed by atoms with E-state index in [0.29, 0.717) is 12.5 Å². The molecule has 0 aliphatic carbocycles. The number of aromatic nitrogens is 2. The van der Waals surface area contributed by atoms with E-state index in [1.807, 2.05) is 41.9 Å². The van der Waals surface area contributed by atoms with E-state index in [2.05, 4.69) is 20.6 Å². The third-order valence-corrected chi connectivity index (χ3v) is 3.30. The molecule has 0 unspecified atom stereocenters. The Bertz CT molecular complexity index is 649. The maximum atomic E-state index is 11.6. The van der Waals surface area contributed by atoms with Gasteiger partial charge in [0, 0.05) is 46.0 Å². The topological polar surface area (TPSA) is 74.0 Å². The highest BCUT2D eigenvalue weighted by Gasteiger charge is 2.05. The van der Waals surface area contributed by atoms with Crippen LogP contribution in [-0.2, 0) is 11.2 Å². The van der Waals surface area contributed by atoms with Crippen LogP contribution < -0.4 is 10.6 Å².